The quantitative estimate of drug-likeness (QED) is 0.803. The zero-order chi connectivity index (χ0) is 10.6. The molecule has 0 heterocycles. The molecule has 0 bridgehead atoms. The molecule has 3 heteroatoms. The van der Waals surface area contributed by atoms with E-state index in [2.05, 4.69) is 0 Å². The highest BCUT2D eigenvalue weighted by Crippen LogP contribution is 2.25. The molecule has 0 aliphatic carbocycles. The Labute approximate surface area is 82.4 Å². The van der Waals surface area contributed by atoms with Crippen molar-refractivity contribution in [3.05, 3.63) is 35.6 Å². The first-order chi connectivity index (χ1) is 6.65. The molecule has 0 amide bonds. The Bertz CT molecular complexity index is 323. The SMILES string of the molecule is CCC(CC(=O)O)c1ccccc1F. The Morgan fingerprint density at radius 1 is 1.50 bits per heavy atom. The van der Waals surface area contributed by atoms with Crippen LogP contribution in [0.3, 0.4) is 0 Å². The number of carboxylic acids is 1. The van der Waals surface area contributed by atoms with E-state index >= 15 is 0 Å². The van der Waals surface area contributed by atoms with Gasteiger partial charge in [-0.05, 0) is 24.0 Å². The highest BCUT2D eigenvalue weighted by Gasteiger charge is 2.16. The third-order valence-electron chi connectivity index (χ3n) is 2.26. The van der Waals surface area contributed by atoms with E-state index in [9.17, 15) is 9.18 Å². The normalized spacial score (nSPS) is 12.4. The Morgan fingerprint density at radius 3 is 2.64 bits per heavy atom. The minimum atomic E-state index is -0.889. The van der Waals surface area contributed by atoms with Crippen molar-refractivity contribution in [1.82, 2.24) is 0 Å². The second-order valence-electron chi connectivity index (χ2n) is 3.22. The van der Waals surface area contributed by atoms with Crippen LogP contribution in [0.5, 0.6) is 0 Å². The van der Waals surface area contributed by atoms with Gasteiger partial charge in [0.15, 0.2) is 0 Å². The molecule has 1 aromatic rings. The van der Waals surface area contributed by atoms with E-state index in [0.29, 0.717) is 12.0 Å². The largest absolute Gasteiger partial charge is 0.481 e. The molecule has 1 N–H and O–H groups in total. The summed E-state index contributed by atoms with van der Waals surface area (Å²) in [5.41, 5.74) is 0.498. The van der Waals surface area contributed by atoms with Gasteiger partial charge >= 0.3 is 5.97 Å². The van der Waals surface area contributed by atoms with Crippen molar-refractivity contribution in [2.45, 2.75) is 25.7 Å². The molecule has 1 aromatic carbocycles. The van der Waals surface area contributed by atoms with Crippen LogP contribution in [0, 0.1) is 5.82 Å². The summed E-state index contributed by atoms with van der Waals surface area (Å²) in [4.78, 5) is 10.5. The van der Waals surface area contributed by atoms with Crippen LogP contribution in [-0.4, -0.2) is 11.1 Å². The predicted octanol–water partition coefficient (Wildman–Crippen LogP) is 2.79. The zero-order valence-electron chi connectivity index (χ0n) is 8.03. The molecule has 1 rings (SSSR count). The van der Waals surface area contributed by atoms with Gasteiger partial charge in [-0.15, -0.1) is 0 Å². The number of carbonyl (C=O) groups is 1. The fourth-order valence-corrected chi connectivity index (χ4v) is 1.49. The van der Waals surface area contributed by atoms with Gasteiger partial charge in [-0.3, -0.25) is 4.79 Å². The van der Waals surface area contributed by atoms with Crippen molar-refractivity contribution < 1.29 is 14.3 Å². The van der Waals surface area contributed by atoms with Gasteiger partial charge in [-0.25, -0.2) is 4.39 Å². The molecule has 0 aliphatic heterocycles. The lowest BCUT2D eigenvalue weighted by Gasteiger charge is -2.13. The van der Waals surface area contributed by atoms with Gasteiger partial charge in [-0.1, -0.05) is 25.1 Å². The van der Waals surface area contributed by atoms with Crippen molar-refractivity contribution >= 4 is 5.97 Å². The Balaban J connectivity index is 2.89. The van der Waals surface area contributed by atoms with E-state index in [1.54, 1.807) is 18.2 Å². The Morgan fingerprint density at radius 2 is 2.14 bits per heavy atom. The van der Waals surface area contributed by atoms with Crippen molar-refractivity contribution in [2.75, 3.05) is 0 Å². The number of halogens is 1. The fraction of sp³-hybridized carbons (Fsp3) is 0.364. The van der Waals surface area contributed by atoms with Gasteiger partial charge in [0.25, 0.3) is 0 Å². The molecule has 0 saturated carbocycles. The van der Waals surface area contributed by atoms with Crippen LogP contribution < -0.4 is 0 Å². The van der Waals surface area contributed by atoms with Crippen molar-refractivity contribution in [3.63, 3.8) is 0 Å². The van der Waals surface area contributed by atoms with Gasteiger partial charge in [-0.2, -0.15) is 0 Å². The lowest BCUT2D eigenvalue weighted by molar-refractivity contribution is -0.137. The average molecular weight is 196 g/mol. The summed E-state index contributed by atoms with van der Waals surface area (Å²) in [5, 5.41) is 8.64. The van der Waals surface area contributed by atoms with E-state index < -0.39 is 5.97 Å². The summed E-state index contributed by atoms with van der Waals surface area (Å²) in [6.07, 6.45) is 0.616. The van der Waals surface area contributed by atoms with E-state index in [0.717, 1.165) is 0 Å². The molecule has 1 unspecified atom stereocenters. The highest BCUT2D eigenvalue weighted by atomic mass is 19.1. The second kappa shape index (κ2) is 4.74. The Hall–Kier alpha value is -1.38. The first-order valence-electron chi connectivity index (χ1n) is 4.61. The van der Waals surface area contributed by atoms with Crippen molar-refractivity contribution in [1.29, 1.82) is 0 Å². The standard InChI is InChI=1S/C11H13FO2/c1-2-8(7-11(13)14)9-5-3-4-6-10(9)12/h3-6,8H,2,7H2,1H3,(H,13,14). The molecule has 0 aromatic heterocycles. The maximum absolute atomic E-state index is 13.3. The molecule has 0 spiro atoms. The molecule has 0 radical (unpaired) electrons. The van der Waals surface area contributed by atoms with Crippen molar-refractivity contribution in [3.8, 4) is 0 Å². The molecule has 1 atom stereocenters. The van der Waals surface area contributed by atoms with Crippen LogP contribution >= 0.6 is 0 Å². The maximum atomic E-state index is 13.3. The van der Waals surface area contributed by atoms with Crippen LogP contribution in [0.25, 0.3) is 0 Å². The second-order valence-corrected chi connectivity index (χ2v) is 3.22. The van der Waals surface area contributed by atoms with Crippen LogP contribution in [-0.2, 0) is 4.79 Å². The summed E-state index contributed by atoms with van der Waals surface area (Å²) in [7, 11) is 0. The Kier molecular flexibility index (Phi) is 3.63. The maximum Gasteiger partial charge on any atom is 0.303 e. The zero-order valence-corrected chi connectivity index (χ0v) is 8.03. The lowest BCUT2D eigenvalue weighted by atomic mass is 9.93. The number of carboxylic acid groups (broad SMARTS) is 1. The third kappa shape index (κ3) is 2.55. The summed E-state index contributed by atoms with van der Waals surface area (Å²) in [6, 6.07) is 6.33. The van der Waals surface area contributed by atoms with Gasteiger partial charge in [0, 0.05) is 0 Å². The van der Waals surface area contributed by atoms with Crippen LogP contribution in [0.2, 0.25) is 0 Å². The third-order valence-corrected chi connectivity index (χ3v) is 2.26. The van der Waals surface area contributed by atoms with E-state index in [1.165, 1.54) is 6.07 Å². The average Bonchev–Trinajstić information content (AvgIpc) is 2.15. The molecule has 0 fully saturated rings. The summed E-state index contributed by atoms with van der Waals surface area (Å²) in [6.45, 7) is 1.86. The summed E-state index contributed by atoms with van der Waals surface area (Å²) in [5.74, 6) is -1.44. The summed E-state index contributed by atoms with van der Waals surface area (Å²) >= 11 is 0. The van der Waals surface area contributed by atoms with Crippen molar-refractivity contribution in [2.24, 2.45) is 0 Å². The fourth-order valence-electron chi connectivity index (χ4n) is 1.49. The predicted molar refractivity (Wildman–Crippen MR) is 51.7 cm³/mol. The monoisotopic (exact) mass is 196 g/mol. The van der Waals surface area contributed by atoms with Crippen LogP contribution in [0.15, 0.2) is 24.3 Å². The molecule has 14 heavy (non-hydrogen) atoms. The first-order valence-corrected chi connectivity index (χ1v) is 4.61. The number of rotatable bonds is 4. The molecule has 0 saturated heterocycles. The lowest BCUT2D eigenvalue weighted by Crippen LogP contribution is -2.07. The molecule has 0 aliphatic rings. The van der Waals surface area contributed by atoms with Gasteiger partial charge in [0.2, 0.25) is 0 Å². The van der Waals surface area contributed by atoms with Crippen LogP contribution in [0.4, 0.5) is 4.39 Å². The van der Waals surface area contributed by atoms with Gasteiger partial charge in [0.1, 0.15) is 5.82 Å². The first kappa shape index (κ1) is 10.7. The molecule has 2 nitrogen and oxygen atoms in total. The van der Waals surface area contributed by atoms with Gasteiger partial charge < -0.3 is 5.11 Å². The minimum absolute atomic E-state index is 0.0164. The number of hydrogen-bond acceptors (Lipinski definition) is 1. The highest BCUT2D eigenvalue weighted by molar-refractivity contribution is 5.68. The topological polar surface area (TPSA) is 37.3 Å². The minimum Gasteiger partial charge on any atom is -0.481 e. The van der Waals surface area contributed by atoms with E-state index in [1.807, 2.05) is 6.92 Å². The number of aliphatic carboxylic acids is 1. The van der Waals surface area contributed by atoms with Gasteiger partial charge in [0.05, 0.1) is 6.42 Å². The smallest absolute Gasteiger partial charge is 0.303 e. The van der Waals surface area contributed by atoms with Crippen LogP contribution in [0.1, 0.15) is 31.2 Å². The molecular formula is C11H13FO2. The van der Waals surface area contributed by atoms with E-state index in [-0.39, 0.29) is 18.2 Å². The summed E-state index contributed by atoms with van der Waals surface area (Å²) < 4.78 is 13.3. The van der Waals surface area contributed by atoms with E-state index in [4.69, 9.17) is 5.11 Å². The number of hydrogen-bond donors (Lipinski definition) is 1. The molecular weight excluding hydrogens is 183 g/mol. The molecule has 76 valence electrons. The number of benzene rings is 1.